The predicted molar refractivity (Wildman–Crippen MR) is 87.6 cm³/mol. The van der Waals surface area contributed by atoms with Crippen molar-refractivity contribution in [3.8, 4) is 0 Å². The molecule has 126 valence electrons. The molecule has 2 aliphatic rings. The summed E-state index contributed by atoms with van der Waals surface area (Å²) in [4.78, 5) is 49.6. The molecule has 0 bridgehead atoms. The van der Waals surface area contributed by atoms with Crippen molar-refractivity contribution in [1.82, 2.24) is 4.90 Å². The normalized spacial score (nSPS) is 24.1. The molecule has 1 unspecified atom stereocenters. The van der Waals surface area contributed by atoms with E-state index in [0.717, 1.165) is 5.56 Å². The smallest absolute Gasteiger partial charge is 0.421 e. The van der Waals surface area contributed by atoms with Gasteiger partial charge in [-0.05, 0) is 24.1 Å². The average molecular weight is 395 g/mol. The van der Waals surface area contributed by atoms with Crippen LogP contribution in [-0.4, -0.2) is 40.4 Å². The highest BCUT2D eigenvalue weighted by Crippen LogP contribution is 2.42. The highest BCUT2D eigenvalue weighted by atomic mass is 79.9. The van der Waals surface area contributed by atoms with Gasteiger partial charge in [0, 0.05) is 30.4 Å². The topological polar surface area (TPSA) is 95.0 Å². The molecule has 2 saturated heterocycles. The zero-order valence-electron chi connectivity index (χ0n) is 12.7. The molecule has 0 aliphatic carbocycles. The first-order valence-corrected chi connectivity index (χ1v) is 8.56. The fourth-order valence-electron chi connectivity index (χ4n) is 3.25. The summed E-state index contributed by atoms with van der Waals surface area (Å²) < 4.78 is 0. The van der Waals surface area contributed by atoms with Gasteiger partial charge >= 0.3 is 6.09 Å². The number of hydrogen-bond donors (Lipinski definition) is 1. The fraction of sp³-hybridized carbons (Fsp3) is 0.375. The second kappa shape index (κ2) is 6.01. The van der Waals surface area contributed by atoms with Crippen molar-refractivity contribution in [2.24, 2.45) is 5.41 Å². The summed E-state index contributed by atoms with van der Waals surface area (Å²) in [6.45, 7) is 0.0926. The molecule has 8 heteroatoms. The molecule has 24 heavy (non-hydrogen) atoms. The number of piperidine rings is 1. The van der Waals surface area contributed by atoms with Crippen LogP contribution >= 0.6 is 15.9 Å². The lowest BCUT2D eigenvalue weighted by Gasteiger charge is -2.34. The molecule has 7 nitrogen and oxygen atoms in total. The van der Waals surface area contributed by atoms with Gasteiger partial charge in [0.1, 0.15) is 0 Å². The van der Waals surface area contributed by atoms with E-state index in [0.29, 0.717) is 11.0 Å². The maximum absolute atomic E-state index is 12.6. The van der Waals surface area contributed by atoms with Crippen LogP contribution in [-0.2, 0) is 19.7 Å². The van der Waals surface area contributed by atoms with Gasteiger partial charge in [-0.1, -0.05) is 28.1 Å². The molecule has 2 fully saturated rings. The lowest BCUT2D eigenvalue weighted by molar-refractivity contribution is -0.154. The minimum absolute atomic E-state index is 0.0539. The third-order valence-electron chi connectivity index (χ3n) is 4.57. The van der Waals surface area contributed by atoms with Crippen LogP contribution in [0.1, 0.15) is 24.8 Å². The second-order valence-corrected chi connectivity index (χ2v) is 6.61. The molecule has 2 aliphatic heterocycles. The SMILES string of the molecule is O=C(O)N1C(=O)CCC2(CC(=O)N(c3ccc(CBr)cc3)C2)C1=O. The third-order valence-corrected chi connectivity index (χ3v) is 5.22. The molecule has 0 radical (unpaired) electrons. The largest absolute Gasteiger partial charge is 0.464 e. The van der Waals surface area contributed by atoms with Crippen LogP contribution in [0, 0.1) is 5.41 Å². The van der Waals surface area contributed by atoms with E-state index in [2.05, 4.69) is 15.9 Å². The number of anilines is 1. The number of carbonyl (C=O) groups excluding carboxylic acids is 3. The summed E-state index contributed by atoms with van der Waals surface area (Å²) in [6.07, 6.45) is -1.53. The Morgan fingerprint density at radius 2 is 1.83 bits per heavy atom. The molecular formula is C16H15BrN2O5. The molecular weight excluding hydrogens is 380 g/mol. The predicted octanol–water partition coefficient (Wildman–Crippen LogP) is 2.13. The monoisotopic (exact) mass is 394 g/mol. The summed E-state index contributed by atoms with van der Waals surface area (Å²) >= 11 is 3.35. The minimum Gasteiger partial charge on any atom is -0.464 e. The summed E-state index contributed by atoms with van der Waals surface area (Å²) in [6, 6.07) is 7.33. The van der Waals surface area contributed by atoms with E-state index in [9.17, 15) is 19.2 Å². The van der Waals surface area contributed by atoms with Crippen LogP contribution in [0.4, 0.5) is 10.5 Å². The number of nitrogens with zero attached hydrogens (tertiary/aromatic N) is 2. The first-order chi connectivity index (χ1) is 11.4. The molecule has 1 spiro atoms. The van der Waals surface area contributed by atoms with Crippen molar-refractivity contribution in [3.05, 3.63) is 29.8 Å². The van der Waals surface area contributed by atoms with Crippen LogP contribution in [0.2, 0.25) is 0 Å². The minimum atomic E-state index is -1.59. The molecule has 1 atom stereocenters. The molecule has 3 rings (SSSR count). The average Bonchev–Trinajstić information content (AvgIpc) is 2.89. The van der Waals surface area contributed by atoms with Crippen molar-refractivity contribution in [2.75, 3.05) is 11.4 Å². The molecule has 1 aromatic carbocycles. The van der Waals surface area contributed by atoms with Crippen LogP contribution in [0.25, 0.3) is 0 Å². The van der Waals surface area contributed by atoms with Crippen LogP contribution < -0.4 is 4.90 Å². The van der Waals surface area contributed by atoms with Crippen molar-refractivity contribution in [3.63, 3.8) is 0 Å². The number of imide groups is 3. The summed E-state index contributed by atoms with van der Waals surface area (Å²) in [5.74, 6) is -1.76. The lowest BCUT2D eigenvalue weighted by Crippen LogP contribution is -2.54. The van der Waals surface area contributed by atoms with Gasteiger partial charge in [-0.2, -0.15) is 4.90 Å². The molecule has 0 aromatic heterocycles. The maximum Gasteiger partial charge on any atom is 0.421 e. The van der Waals surface area contributed by atoms with Gasteiger partial charge in [-0.15, -0.1) is 0 Å². The van der Waals surface area contributed by atoms with E-state index in [1.807, 2.05) is 12.1 Å². The Labute approximate surface area is 146 Å². The number of likely N-dealkylation sites (tertiary alicyclic amines) is 1. The highest BCUT2D eigenvalue weighted by molar-refractivity contribution is 9.08. The summed E-state index contributed by atoms with van der Waals surface area (Å²) in [5.41, 5.74) is 0.571. The van der Waals surface area contributed by atoms with Gasteiger partial charge in [0.05, 0.1) is 5.41 Å². The number of alkyl halides is 1. The number of hydrogen-bond acceptors (Lipinski definition) is 4. The second-order valence-electron chi connectivity index (χ2n) is 6.05. The van der Waals surface area contributed by atoms with Gasteiger partial charge in [0.15, 0.2) is 0 Å². The quantitative estimate of drug-likeness (QED) is 0.612. The third kappa shape index (κ3) is 2.60. The van der Waals surface area contributed by atoms with E-state index in [4.69, 9.17) is 5.11 Å². The van der Waals surface area contributed by atoms with E-state index in [1.165, 1.54) is 4.90 Å². The number of amides is 4. The summed E-state index contributed by atoms with van der Waals surface area (Å²) in [5, 5.41) is 9.80. The molecule has 2 heterocycles. The van der Waals surface area contributed by atoms with Gasteiger partial charge in [0.2, 0.25) is 17.7 Å². The van der Waals surface area contributed by atoms with Crippen molar-refractivity contribution in [1.29, 1.82) is 0 Å². The van der Waals surface area contributed by atoms with E-state index in [-0.39, 0.29) is 36.6 Å². The van der Waals surface area contributed by atoms with Crippen LogP contribution in [0.5, 0.6) is 0 Å². The first kappa shape index (κ1) is 16.6. The molecule has 1 aromatic rings. The Bertz CT molecular complexity index is 732. The van der Waals surface area contributed by atoms with Crippen molar-refractivity contribution < 1.29 is 24.3 Å². The molecule has 4 amide bonds. The van der Waals surface area contributed by atoms with Gasteiger partial charge in [-0.25, -0.2) is 4.79 Å². The van der Waals surface area contributed by atoms with Crippen LogP contribution in [0.15, 0.2) is 24.3 Å². The Morgan fingerprint density at radius 1 is 1.17 bits per heavy atom. The highest BCUT2D eigenvalue weighted by Gasteiger charge is 2.55. The van der Waals surface area contributed by atoms with Gasteiger partial charge < -0.3 is 10.0 Å². The standard InChI is InChI=1S/C16H15BrN2O5/c17-8-10-1-3-11(4-2-10)18-9-16(7-13(18)21)6-5-12(20)19(14(16)22)15(23)24/h1-4H,5-9H2,(H,23,24). The van der Waals surface area contributed by atoms with Crippen LogP contribution in [0.3, 0.4) is 0 Å². The van der Waals surface area contributed by atoms with E-state index in [1.54, 1.807) is 12.1 Å². The van der Waals surface area contributed by atoms with E-state index >= 15 is 0 Å². The number of benzene rings is 1. The maximum atomic E-state index is 12.6. The Morgan fingerprint density at radius 3 is 2.42 bits per heavy atom. The first-order valence-electron chi connectivity index (χ1n) is 7.43. The van der Waals surface area contributed by atoms with Crippen molar-refractivity contribution >= 4 is 45.4 Å². The Kier molecular flexibility index (Phi) is 4.16. The van der Waals surface area contributed by atoms with Gasteiger partial charge in [0.25, 0.3) is 0 Å². The number of rotatable bonds is 2. The number of carboxylic acid groups (broad SMARTS) is 1. The fourth-order valence-corrected chi connectivity index (χ4v) is 3.63. The van der Waals surface area contributed by atoms with Gasteiger partial charge in [-0.3, -0.25) is 14.4 Å². The number of halogens is 1. The molecule has 0 saturated carbocycles. The summed E-state index contributed by atoms with van der Waals surface area (Å²) in [7, 11) is 0. The zero-order chi connectivity index (χ0) is 17.5. The Hall–Kier alpha value is -2.22. The zero-order valence-corrected chi connectivity index (χ0v) is 14.3. The Balaban J connectivity index is 1.88. The number of carbonyl (C=O) groups is 4. The van der Waals surface area contributed by atoms with Crippen molar-refractivity contribution in [2.45, 2.75) is 24.6 Å². The molecule has 1 N–H and O–H groups in total. The lowest BCUT2D eigenvalue weighted by atomic mass is 9.78. The van der Waals surface area contributed by atoms with E-state index < -0.39 is 23.3 Å².